The first-order valence-electron chi connectivity index (χ1n) is 5.11. The summed E-state index contributed by atoms with van der Waals surface area (Å²) in [6.07, 6.45) is 0. The van der Waals surface area contributed by atoms with Crippen LogP contribution in [-0.4, -0.2) is 40.7 Å². The van der Waals surface area contributed by atoms with Crippen LogP contribution in [0.25, 0.3) is 0 Å². The van der Waals surface area contributed by atoms with Crippen molar-refractivity contribution in [1.29, 1.82) is 0 Å². The Hall–Kier alpha value is -0.520. The van der Waals surface area contributed by atoms with E-state index in [2.05, 4.69) is 19.8 Å². The summed E-state index contributed by atoms with van der Waals surface area (Å²) in [6.45, 7) is 5.86. The van der Waals surface area contributed by atoms with Gasteiger partial charge >= 0.3 is 0 Å². The van der Waals surface area contributed by atoms with Crippen LogP contribution in [0.2, 0.25) is 0 Å². The Morgan fingerprint density at radius 2 is 2.21 bits per heavy atom. The van der Waals surface area contributed by atoms with E-state index >= 15 is 0 Å². The maximum absolute atomic E-state index is 4.08. The molecule has 5 heteroatoms. The van der Waals surface area contributed by atoms with Crippen molar-refractivity contribution >= 4 is 11.5 Å². The van der Waals surface area contributed by atoms with Gasteiger partial charge in [0.1, 0.15) is 0 Å². The van der Waals surface area contributed by atoms with Gasteiger partial charge in [-0.1, -0.05) is 4.49 Å². The van der Waals surface area contributed by atoms with Crippen LogP contribution < -0.4 is 5.32 Å². The molecule has 3 rings (SSSR count). The molecule has 0 amide bonds. The first-order chi connectivity index (χ1) is 6.92. The molecule has 0 bridgehead atoms. The molecule has 0 aliphatic carbocycles. The second kappa shape index (κ2) is 3.56. The first-order valence-corrected chi connectivity index (χ1v) is 5.94. The minimum Gasteiger partial charge on any atom is -0.316 e. The van der Waals surface area contributed by atoms with Crippen LogP contribution >= 0.6 is 11.5 Å². The molecule has 2 atom stereocenters. The van der Waals surface area contributed by atoms with E-state index < -0.39 is 0 Å². The molecule has 1 aromatic rings. The lowest BCUT2D eigenvalue weighted by Crippen LogP contribution is -2.25. The van der Waals surface area contributed by atoms with E-state index in [0.29, 0.717) is 0 Å². The molecule has 76 valence electrons. The van der Waals surface area contributed by atoms with E-state index in [4.69, 9.17) is 0 Å². The van der Waals surface area contributed by atoms with E-state index in [-0.39, 0.29) is 0 Å². The Labute approximate surface area is 87.5 Å². The van der Waals surface area contributed by atoms with Crippen molar-refractivity contribution in [2.45, 2.75) is 6.54 Å². The monoisotopic (exact) mass is 210 g/mol. The Kier molecular flexibility index (Phi) is 2.23. The minimum atomic E-state index is 0.876. The normalized spacial score (nSPS) is 32.3. The second-order valence-corrected chi connectivity index (χ2v) is 4.88. The van der Waals surface area contributed by atoms with Gasteiger partial charge in [-0.2, -0.15) is 0 Å². The van der Waals surface area contributed by atoms with Crippen LogP contribution in [-0.2, 0) is 6.54 Å². The van der Waals surface area contributed by atoms with Crippen molar-refractivity contribution in [2.75, 3.05) is 26.2 Å². The fourth-order valence-corrected chi connectivity index (χ4v) is 3.01. The van der Waals surface area contributed by atoms with E-state index in [9.17, 15) is 0 Å². The molecule has 2 aliphatic heterocycles. The summed E-state index contributed by atoms with van der Waals surface area (Å²) in [5.74, 6) is 1.75. The van der Waals surface area contributed by atoms with Gasteiger partial charge in [-0.05, 0) is 36.5 Å². The van der Waals surface area contributed by atoms with Crippen molar-refractivity contribution in [1.82, 2.24) is 19.8 Å². The highest BCUT2D eigenvalue weighted by Crippen LogP contribution is 2.27. The zero-order chi connectivity index (χ0) is 9.38. The third kappa shape index (κ3) is 1.55. The Morgan fingerprint density at radius 1 is 1.43 bits per heavy atom. The number of nitrogens with zero attached hydrogens (tertiary/aromatic N) is 3. The van der Waals surface area contributed by atoms with Gasteiger partial charge in [0.15, 0.2) is 0 Å². The first kappa shape index (κ1) is 8.76. The Balaban J connectivity index is 1.61. The lowest BCUT2D eigenvalue weighted by Gasteiger charge is -2.14. The highest BCUT2D eigenvalue weighted by Gasteiger charge is 2.35. The molecule has 1 N–H and O–H groups in total. The average Bonchev–Trinajstić information content (AvgIpc) is 2.78. The number of rotatable bonds is 2. The topological polar surface area (TPSA) is 41.1 Å². The van der Waals surface area contributed by atoms with Gasteiger partial charge in [0.05, 0.1) is 5.69 Å². The van der Waals surface area contributed by atoms with Crippen LogP contribution in [0.3, 0.4) is 0 Å². The average molecular weight is 210 g/mol. The maximum Gasteiger partial charge on any atom is 0.0895 e. The molecule has 0 saturated carbocycles. The van der Waals surface area contributed by atoms with Crippen molar-refractivity contribution in [2.24, 2.45) is 11.8 Å². The van der Waals surface area contributed by atoms with Crippen molar-refractivity contribution in [3.8, 4) is 0 Å². The lowest BCUT2D eigenvalue weighted by atomic mass is 10.0. The zero-order valence-corrected chi connectivity index (χ0v) is 8.83. The summed E-state index contributed by atoms with van der Waals surface area (Å²) in [7, 11) is 0. The quantitative estimate of drug-likeness (QED) is 0.756. The van der Waals surface area contributed by atoms with E-state index in [1.54, 1.807) is 0 Å². The number of nitrogens with one attached hydrogen (secondary N) is 1. The highest BCUT2D eigenvalue weighted by atomic mass is 32.1. The summed E-state index contributed by atoms with van der Waals surface area (Å²) in [5, 5.41) is 9.58. The number of fused-ring (bicyclic) bond motifs is 1. The fraction of sp³-hybridized carbons (Fsp3) is 0.778. The van der Waals surface area contributed by atoms with Gasteiger partial charge < -0.3 is 5.32 Å². The molecule has 0 radical (unpaired) electrons. The van der Waals surface area contributed by atoms with Gasteiger partial charge in [-0.15, -0.1) is 5.10 Å². The predicted molar refractivity (Wildman–Crippen MR) is 55.0 cm³/mol. The minimum absolute atomic E-state index is 0.876. The summed E-state index contributed by atoms with van der Waals surface area (Å²) in [6, 6.07) is 0. The molecule has 2 aliphatic rings. The second-order valence-electron chi connectivity index (χ2n) is 4.27. The van der Waals surface area contributed by atoms with E-state index in [0.717, 1.165) is 24.1 Å². The molecule has 3 heterocycles. The SMILES string of the molecule is c1snnc1CN1CC2CNCC2C1. The van der Waals surface area contributed by atoms with Gasteiger partial charge in [0, 0.05) is 25.0 Å². The molecule has 1 aromatic heterocycles. The molecule has 14 heavy (non-hydrogen) atoms. The van der Waals surface area contributed by atoms with Crippen LogP contribution in [0, 0.1) is 11.8 Å². The van der Waals surface area contributed by atoms with Crippen molar-refractivity contribution in [3.63, 3.8) is 0 Å². The van der Waals surface area contributed by atoms with Crippen LogP contribution in [0.15, 0.2) is 5.38 Å². The third-order valence-electron chi connectivity index (χ3n) is 3.26. The van der Waals surface area contributed by atoms with E-state index in [1.807, 2.05) is 5.38 Å². The number of hydrogen-bond acceptors (Lipinski definition) is 5. The molecular formula is C9H14N4S. The number of likely N-dealkylation sites (tertiary alicyclic amines) is 1. The summed E-state index contributed by atoms with van der Waals surface area (Å²) in [4.78, 5) is 2.51. The van der Waals surface area contributed by atoms with Crippen LogP contribution in [0.5, 0.6) is 0 Å². The number of hydrogen-bond donors (Lipinski definition) is 1. The number of aromatic nitrogens is 2. The Bertz CT molecular complexity index is 288. The fourth-order valence-electron chi connectivity index (χ4n) is 2.56. The lowest BCUT2D eigenvalue weighted by molar-refractivity contribution is 0.302. The standard InChI is InChI=1S/C9H14N4S/c1-7-3-13(4-8(7)2-10-1)5-9-6-14-12-11-9/h6-8,10H,1-5H2. The Morgan fingerprint density at radius 3 is 2.86 bits per heavy atom. The molecule has 2 saturated heterocycles. The highest BCUT2D eigenvalue weighted by molar-refractivity contribution is 7.03. The maximum atomic E-state index is 4.08. The smallest absolute Gasteiger partial charge is 0.0895 e. The van der Waals surface area contributed by atoms with Crippen LogP contribution in [0.1, 0.15) is 5.69 Å². The molecule has 2 fully saturated rings. The van der Waals surface area contributed by atoms with Crippen molar-refractivity contribution < 1.29 is 0 Å². The molecular weight excluding hydrogens is 196 g/mol. The summed E-state index contributed by atoms with van der Waals surface area (Å²) >= 11 is 1.44. The predicted octanol–water partition coefficient (Wildman–Crippen LogP) is 0.189. The molecule has 2 unspecified atom stereocenters. The van der Waals surface area contributed by atoms with Crippen molar-refractivity contribution in [3.05, 3.63) is 11.1 Å². The van der Waals surface area contributed by atoms with Gasteiger partial charge in [-0.25, -0.2) is 0 Å². The summed E-state index contributed by atoms with van der Waals surface area (Å²) < 4.78 is 3.89. The molecule has 4 nitrogen and oxygen atoms in total. The summed E-state index contributed by atoms with van der Waals surface area (Å²) in [5.41, 5.74) is 1.13. The third-order valence-corrected chi connectivity index (χ3v) is 3.81. The molecule has 0 aromatic carbocycles. The van der Waals surface area contributed by atoms with Gasteiger partial charge in [0.25, 0.3) is 0 Å². The van der Waals surface area contributed by atoms with Gasteiger partial charge in [0.2, 0.25) is 0 Å². The van der Waals surface area contributed by atoms with Crippen LogP contribution in [0.4, 0.5) is 0 Å². The zero-order valence-electron chi connectivity index (χ0n) is 8.02. The van der Waals surface area contributed by atoms with E-state index in [1.165, 1.54) is 37.7 Å². The molecule has 0 spiro atoms. The van der Waals surface area contributed by atoms with Gasteiger partial charge in [-0.3, -0.25) is 4.90 Å². The largest absolute Gasteiger partial charge is 0.316 e.